The van der Waals surface area contributed by atoms with E-state index in [-0.39, 0.29) is 35.7 Å². The van der Waals surface area contributed by atoms with Crippen molar-refractivity contribution in [1.82, 2.24) is 15.1 Å². The van der Waals surface area contributed by atoms with Gasteiger partial charge in [-0.3, -0.25) is 4.79 Å². The molecule has 1 aromatic heterocycles. The van der Waals surface area contributed by atoms with E-state index >= 15 is 0 Å². The maximum absolute atomic E-state index is 13.7. The van der Waals surface area contributed by atoms with Crippen molar-refractivity contribution in [1.29, 1.82) is 0 Å². The minimum Gasteiger partial charge on any atom is -0.459 e. The van der Waals surface area contributed by atoms with Crippen LogP contribution >= 0.6 is 39.9 Å². The molecule has 2 aromatic rings. The smallest absolute Gasteiger partial charge is 0.289 e. The molecule has 1 aliphatic heterocycles. The van der Waals surface area contributed by atoms with Crippen molar-refractivity contribution in [2.45, 2.75) is 13.5 Å². The van der Waals surface area contributed by atoms with Crippen LogP contribution in [0.15, 0.2) is 50.5 Å². The summed E-state index contributed by atoms with van der Waals surface area (Å²) in [6.45, 7) is 5.66. The van der Waals surface area contributed by atoms with Crippen LogP contribution in [-0.2, 0) is 6.54 Å². The Balaban J connectivity index is 0.00000280. The molecule has 1 fully saturated rings. The lowest BCUT2D eigenvalue weighted by molar-refractivity contribution is 0.0657. The number of rotatable bonds is 4. The molecule has 0 atom stereocenters. The van der Waals surface area contributed by atoms with E-state index in [9.17, 15) is 9.18 Å². The Kier molecular flexibility index (Phi) is 8.74. The Bertz CT molecular complexity index is 808. The summed E-state index contributed by atoms with van der Waals surface area (Å²) in [5, 5.41) is 3.27. The molecule has 1 aromatic carbocycles. The van der Waals surface area contributed by atoms with Crippen molar-refractivity contribution in [3.8, 4) is 0 Å². The van der Waals surface area contributed by atoms with Crippen molar-refractivity contribution >= 4 is 51.8 Å². The maximum Gasteiger partial charge on any atom is 0.289 e. The third-order valence-electron chi connectivity index (χ3n) is 4.33. The van der Waals surface area contributed by atoms with Crippen LogP contribution in [0.2, 0.25) is 0 Å². The van der Waals surface area contributed by atoms with E-state index < -0.39 is 0 Å². The van der Waals surface area contributed by atoms with E-state index in [4.69, 9.17) is 4.42 Å². The number of furan rings is 1. The second kappa shape index (κ2) is 10.8. The summed E-state index contributed by atoms with van der Waals surface area (Å²) in [7, 11) is 0. The minimum absolute atomic E-state index is 0. The molecule has 28 heavy (non-hydrogen) atoms. The van der Waals surface area contributed by atoms with Crippen molar-refractivity contribution in [3.63, 3.8) is 0 Å². The number of guanidine groups is 1. The van der Waals surface area contributed by atoms with E-state index in [1.807, 2.05) is 13.0 Å². The lowest BCUT2D eigenvalue weighted by atomic mass is 10.2. The standard InChI is InChI=1S/C19H22BrFN4O2.HI/c1-2-22-19(23-13-14-5-6-15(20)16(21)12-14)25-9-7-24(8-10-25)18(26)17-4-3-11-27-17;/h3-6,11-12H,2,7-10,13H2,1H3,(H,22,23);1H. The van der Waals surface area contributed by atoms with E-state index in [1.165, 1.54) is 12.3 Å². The number of aliphatic imine (C=N–C) groups is 1. The Hall–Kier alpha value is -1.62. The molecule has 0 unspecified atom stereocenters. The highest BCUT2D eigenvalue weighted by Gasteiger charge is 2.25. The third kappa shape index (κ3) is 5.69. The van der Waals surface area contributed by atoms with Gasteiger partial charge in [-0.2, -0.15) is 0 Å². The topological polar surface area (TPSA) is 61.1 Å². The first kappa shape index (κ1) is 22.7. The second-order valence-corrected chi connectivity index (χ2v) is 7.03. The Morgan fingerprint density at radius 3 is 2.57 bits per heavy atom. The molecule has 2 heterocycles. The number of carbonyl (C=O) groups is 1. The number of benzene rings is 1. The van der Waals surface area contributed by atoms with Crippen LogP contribution in [0, 0.1) is 5.82 Å². The van der Waals surface area contributed by atoms with Gasteiger partial charge in [-0.1, -0.05) is 6.07 Å². The fraction of sp³-hybridized carbons (Fsp3) is 0.368. The molecule has 0 saturated carbocycles. The summed E-state index contributed by atoms with van der Waals surface area (Å²) < 4.78 is 19.3. The Morgan fingerprint density at radius 2 is 1.96 bits per heavy atom. The number of nitrogens with zero attached hydrogens (tertiary/aromatic N) is 3. The number of amides is 1. The Morgan fingerprint density at radius 1 is 1.25 bits per heavy atom. The molecule has 0 bridgehead atoms. The van der Waals surface area contributed by atoms with Crippen LogP contribution in [0.3, 0.4) is 0 Å². The number of piperazine rings is 1. The van der Waals surface area contributed by atoms with Gasteiger partial charge in [0.25, 0.3) is 5.91 Å². The summed E-state index contributed by atoms with van der Waals surface area (Å²) >= 11 is 3.16. The summed E-state index contributed by atoms with van der Waals surface area (Å²) in [6.07, 6.45) is 1.50. The van der Waals surface area contributed by atoms with E-state index in [0.29, 0.717) is 43.0 Å². The highest BCUT2D eigenvalue weighted by molar-refractivity contribution is 14.0. The molecule has 3 rings (SSSR count). The van der Waals surface area contributed by atoms with Gasteiger partial charge in [0.2, 0.25) is 0 Å². The fourth-order valence-electron chi connectivity index (χ4n) is 2.91. The van der Waals surface area contributed by atoms with Crippen LogP contribution in [0.4, 0.5) is 4.39 Å². The van der Waals surface area contributed by atoms with Crippen LogP contribution in [0.1, 0.15) is 23.0 Å². The number of nitrogens with one attached hydrogen (secondary N) is 1. The quantitative estimate of drug-likeness (QED) is 0.349. The van der Waals surface area contributed by atoms with Crippen LogP contribution in [-0.4, -0.2) is 54.4 Å². The molecular formula is C19H23BrFIN4O2. The van der Waals surface area contributed by atoms with Crippen LogP contribution in [0.25, 0.3) is 0 Å². The molecule has 1 amide bonds. The molecule has 1 N–H and O–H groups in total. The fourth-order valence-corrected chi connectivity index (χ4v) is 3.15. The first-order valence-corrected chi connectivity index (χ1v) is 9.67. The van der Waals surface area contributed by atoms with Gasteiger partial charge in [0.15, 0.2) is 11.7 Å². The average molecular weight is 565 g/mol. The molecule has 1 saturated heterocycles. The van der Waals surface area contributed by atoms with Gasteiger partial charge in [-0.05, 0) is 52.7 Å². The summed E-state index contributed by atoms with van der Waals surface area (Å²) in [5.74, 6) is 0.747. The number of hydrogen-bond acceptors (Lipinski definition) is 3. The lowest BCUT2D eigenvalue weighted by Gasteiger charge is -2.36. The zero-order chi connectivity index (χ0) is 19.2. The average Bonchev–Trinajstić information content (AvgIpc) is 3.22. The van der Waals surface area contributed by atoms with Crippen molar-refractivity contribution in [2.24, 2.45) is 4.99 Å². The Labute approximate surface area is 189 Å². The highest BCUT2D eigenvalue weighted by atomic mass is 127. The number of hydrogen-bond donors (Lipinski definition) is 1. The van der Waals surface area contributed by atoms with Gasteiger partial charge in [0, 0.05) is 32.7 Å². The largest absolute Gasteiger partial charge is 0.459 e. The zero-order valence-corrected chi connectivity index (χ0v) is 19.4. The zero-order valence-electron chi connectivity index (χ0n) is 15.5. The second-order valence-electron chi connectivity index (χ2n) is 6.18. The first-order chi connectivity index (χ1) is 13.1. The number of carbonyl (C=O) groups excluding carboxylic acids is 1. The van der Waals surface area contributed by atoms with Crippen molar-refractivity contribution in [2.75, 3.05) is 32.7 Å². The predicted molar refractivity (Wildman–Crippen MR) is 121 cm³/mol. The normalized spacial score (nSPS) is 14.6. The minimum atomic E-state index is -0.294. The number of halogens is 3. The molecule has 6 nitrogen and oxygen atoms in total. The van der Waals surface area contributed by atoms with Crippen LogP contribution in [0.5, 0.6) is 0 Å². The van der Waals surface area contributed by atoms with Gasteiger partial charge in [0.1, 0.15) is 5.82 Å². The van der Waals surface area contributed by atoms with Crippen molar-refractivity contribution in [3.05, 3.63) is 58.2 Å². The van der Waals surface area contributed by atoms with E-state index in [2.05, 4.69) is 31.1 Å². The van der Waals surface area contributed by atoms with E-state index in [1.54, 1.807) is 23.1 Å². The molecule has 9 heteroatoms. The molecular weight excluding hydrogens is 542 g/mol. The lowest BCUT2D eigenvalue weighted by Crippen LogP contribution is -2.53. The monoisotopic (exact) mass is 564 g/mol. The third-order valence-corrected chi connectivity index (χ3v) is 4.97. The molecule has 0 aliphatic carbocycles. The van der Waals surface area contributed by atoms with Gasteiger partial charge in [-0.25, -0.2) is 9.38 Å². The first-order valence-electron chi connectivity index (χ1n) is 8.88. The molecule has 0 spiro atoms. The molecule has 1 aliphatic rings. The van der Waals surface area contributed by atoms with Gasteiger partial charge in [0.05, 0.1) is 17.3 Å². The summed E-state index contributed by atoms with van der Waals surface area (Å²) in [4.78, 5) is 20.9. The predicted octanol–water partition coefficient (Wildman–Crippen LogP) is 3.72. The summed E-state index contributed by atoms with van der Waals surface area (Å²) in [6, 6.07) is 8.41. The summed E-state index contributed by atoms with van der Waals surface area (Å²) in [5.41, 5.74) is 0.803. The van der Waals surface area contributed by atoms with Gasteiger partial charge in [-0.15, -0.1) is 24.0 Å². The van der Waals surface area contributed by atoms with E-state index in [0.717, 1.165) is 18.1 Å². The van der Waals surface area contributed by atoms with Gasteiger partial charge >= 0.3 is 0 Å². The van der Waals surface area contributed by atoms with Crippen molar-refractivity contribution < 1.29 is 13.6 Å². The maximum atomic E-state index is 13.7. The SMILES string of the molecule is CCNC(=NCc1ccc(Br)c(F)c1)N1CCN(C(=O)c2ccco2)CC1.I. The molecule has 152 valence electrons. The highest BCUT2D eigenvalue weighted by Crippen LogP contribution is 2.17. The molecule has 0 radical (unpaired) electrons. The van der Waals surface area contributed by atoms with Gasteiger partial charge < -0.3 is 19.5 Å². The van der Waals surface area contributed by atoms with Crippen LogP contribution < -0.4 is 5.32 Å².